The molecule has 3 heteroatoms. The average molecular weight is 270 g/mol. The molecule has 0 radical (unpaired) electrons. The van der Waals surface area contributed by atoms with Crippen molar-refractivity contribution >= 4 is 11.4 Å². The van der Waals surface area contributed by atoms with Gasteiger partial charge in [0.1, 0.15) is 5.75 Å². The van der Waals surface area contributed by atoms with Gasteiger partial charge in [0.25, 0.3) is 0 Å². The van der Waals surface area contributed by atoms with Crippen molar-refractivity contribution in [3.63, 3.8) is 0 Å². The molecule has 106 valence electrons. The molecular formula is C17H22N2O. The Morgan fingerprint density at radius 3 is 2.45 bits per heavy atom. The van der Waals surface area contributed by atoms with E-state index in [1.54, 1.807) is 7.11 Å². The molecular weight excluding hydrogens is 248 g/mol. The second-order valence-corrected chi connectivity index (χ2v) is 5.08. The van der Waals surface area contributed by atoms with Crippen LogP contribution in [-0.2, 0) is 0 Å². The predicted octanol–water partition coefficient (Wildman–Crippen LogP) is 3.79. The van der Waals surface area contributed by atoms with E-state index in [-0.39, 0.29) is 6.04 Å². The highest BCUT2D eigenvalue weighted by atomic mass is 16.5. The summed E-state index contributed by atoms with van der Waals surface area (Å²) in [5.74, 6) is 0.831. The van der Waals surface area contributed by atoms with Crippen molar-refractivity contribution in [3.05, 3.63) is 53.6 Å². The van der Waals surface area contributed by atoms with Crippen molar-refractivity contribution in [3.8, 4) is 5.75 Å². The minimum absolute atomic E-state index is 0.0894. The molecule has 2 aromatic rings. The fraction of sp³-hybridized carbons (Fsp3) is 0.294. The van der Waals surface area contributed by atoms with Crippen LogP contribution in [0.1, 0.15) is 24.1 Å². The number of nitrogens with zero attached hydrogens (tertiary/aromatic N) is 1. The summed E-state index contributed by atoms with van der Waals surface area (Å²) in [7, 11) is 3.73. The number of ether oxygens (including phenoxy) is 1. The second-order valence-electron chi connectivity index (χ2n) is 5.08. The summed E-state index contributed by atoms with van der Waals surface area (Å²) in [6.45, 7) is 4.07. The number of benzene rings is 2. The fourth-order valence-corrected chi connectivity index (χ4v) is 2.44. The van der Waals surface area contributed by atoms with E-state index < -0.39 is 0 Å². The molecule has 1 atom stereocenters. The van der Waals surface area contributed by atoms with E-state index in [9.17, 15) is 0 Å². The normalized spacial score (nSPS) is 12.1. The Kier molecular flexibility index (Phi) is 4.30. The lowest BCUT2D eigenvalue weighted by molar-refractivity contribution is 0.407. The maximum atomic E-state index is 6.13. The first kappa shape index (κ1) is 14.4. The molecule has 20 heavy (non-hydrogen) atoms. The molecule has 2 rings (SSSR count). The molecule has 0 saturated heterocycles. The lowest BCUT2D eigenvalue weighted by Gasteiger charge is -2.25. The van der Waals surface area contributed by atoms with E-state index in [1.165, 1.54) is 5.56 Å². The summed E-state index contributed by atoms with van der Waals surface area (Å²) in [4.78, 5) is 2.15. The summed E-state index contributed by atoms with van der Waals surface area (Å²) in [6, 6.07) is 14.3. The third-order valence-corrected chi connectivity index (χ3v) is 3.47. The maximum Gasteiger partial charge on any atom is 0.125 e. The number of nitrogens with two attached hydrogens (primary N) is 1. The standard InChI is InChI=1S/C17H22N2O/c1-12-7-5-8-14(11-12)19(3)15-9-6-10-16(20-4)17(15)13(2)18/h5-11,13H,18H2,1-4H3/t13-/m1/s1. The molecule has 0 aliphatic heterocycles. The number of anilines is 2. The van der Waals surface area contributed by atoms with Gasteiger partial charge in [0, 0.05) is 30.0 Å². The summed E-state index contributed by atoms with van der Waals surface area (Å²) in [5, 5.41) is 0. The highest BCUT2D eigenvalue weighted by Gasteiger charge is 2.16. The SMILES string of the molecule is COc1cccc(N(C)c2cccc(C)c2)c1[C@@H](C)N. The Labute approximate surface area is 121 Å². The van der Waals surface area contributed by atoms with Crippen molar-refractivity contribution in [1.29, 1.82) is 0 Å². The number of rotatable bonds is 4. The van der Waals surface area contributed by atoms with E-state index in [2.05, 4.69) is 49.2 Å². The topological polar surface area (TPSA) is 38.5 Å². The second kappa shape index (κ2) is 5.97. The van der Waals surface area contributed by atoms with Gasteiger partial charge in [-0.1, -0.05) is 18.2 Å². The third kappa shape index (κ3) is 2.78. The number of hydrogen-bond acceptors (Lipinski definition) is 3. The molecule has 2 N–H and O–H groups in total. The third-order valence-electron chi connectivity index (χ3n) is 3.47. The van der Waals surface area contributed by atoms with Crippen molar-refractivity contribution < 1.29 is 4.74 Å². The van der Waals surface area contributed by atoms with Gasteiger partial charge in [0.15, 0.2) is 0 Å². The Hall–Kier alpha value is -2.00. The first-order chi connectivity index (χ1) is 9.54. The maximum absolute atomic E-state index is 6.13. The Morgan fingerprint density at radius 2 is 1.85 bits per heavy atom. The van der Waals surface area contributed by atoms with Gasteiger partial charge >= 0.3 is 0 Å². The van der Waals surface area contributed by atoms with Gasteiger partial charge in [-0.2, -0.15) is 0 Å². The summed E-state index contributed by atoms with van der Waals surface area (Å²) >= 11 is 0. The van der Waals surface area contributed by atoms with E-state index in [4.69, 9.17) is 10.5 Å². The lowest BCUT2D eigenvalue weighted by atomic mass is 10.0. The molecule has 0 fully saturated rings. The first-order valence-corrected chi connectivity index (χ1v) is 6.77. The Bertz CT molecular complexity index is 593. The van der Waals surface area contributed by atoms with E-state index in [1.807, 2.05) is 19.1 Å². The zero-order chi connectivity index (χ0) is 14.7. The van der Waals surface area contributed by atoms with Gasteiger partial charge in [0.2, 0.25) is 0 Å². The summed E-state index contributed by atoms with van der Waals surface area (Å²) in [5.41, 5.74) is 10.6. The molecule has 0 saturated carbocycles. The molecule has 0 heterocycles. The fourth-order valence-electron chi connectivity index (χ4n) is 2.44. The van der Waals surface area contributed by atoms with Crippen molar-refractivity contribution in [2.24, 2.45) is 5.73 Å². The van der Waals surface area contributed by atoms with Crippen LogP contribution in [-0.4, -0.2) is 14.2 Å². The van der Waals surface area contributed by atoms with Crippen LogP contribution in [0.5, 0.6) is 5.75 Å². The van der Waals surface area contributed by atoms with Crippen LogP contribution in [0.3, 0.4) is 0 Å². The van der Waals surface area contributed by atoms with Crippen LogP contribution in [0.25, 0.3) is 0 Å². The molecule has 2 aromatic carbocycles. The molecule has 3 nitrogen and oxygen atoms in total. The average Bonchev–Trinajstić information content (AvgIpc) is 2.45. The van der Waals surface area contributed by atoms with E-state index in [0.717, 1.165) is 22.7 Å². The van der Waals surface area contributed by atoms with E-state index >= 15 is 0 Å². The van der Waals surface area contributed by atoms with Crippen LogP contribution >= 0.6 is 0 Å². The smallest absolute Gasteiger partial charge is 0.125 e. The van der Waals surface area contributed by atoms with Crippen molar-refractivity contribution in [1.82, 2.24) is 0 Å². The van der Waals surface area contributed by atoms with Crippen LogP contribution in [0, 0.1) is 6.92 Å². The quantitative estimate of drug-likeness (QED) is 0.918. The van der Waals surface area contributed by atoms with Crippen molar-refractivity contribution in [2.75, 3.05) is 19.1 Å². The van der Waals surface area contributed by atoms with Crippen LogP contribution in [0.2, 0.25) is 0 Å². The molecule has 0 spiro atoms. The number of aryl methyl sites for hydroxylation is 1. The summed E-state index contributed by atoms with van der Waals surface area (Å²) < 4.78 is 5.45. The van der Waals surface area contributed by atoms with Crippen LogP contribution in [0.15, 0.2) is 42.5 Å². The van der Waals surface area contributed by atoms with Gasteiger partial charge in [0.05, 0.1) is 7.11 Å². The summed E-state index contributed by atoms with van der Waals surface area (Å²) in [6.07, 6.45) is 0. The highest BCUT2D eigenvalue weighted by Crippen LogP contribution is 2.36. The Balaban J connectivity index is 2.52. The largest absolute Gasteiger partial charge is 0.496 e. The molecule has 0 aliphatic carbocycles. The highest BCUT2D eigenvalue weighted by molar-refractivity contribution is 5.69. The molecule has 0 bridgehead atoms. The lowest BCUT2D eigenvalue weighted by Crippen LogP contribution is -2.16. The minimum atomic E-state index is -0.0894. The first-order valence-electron chi connectivity index (χ1n) is 6.77. The minimum Gasteiger partial charge on any atom is -0.496 e. The molecule has 0 aromatic heterocycles. The molecule has 0 unspecified atom stereocenters. The van der Waals surface area contributed by atoms with Gasteiger partial charge in [-0.05, 0) is 43.7 Å². The monoisotopic (exact) mass is 270 g/mol. The van der Waals surface area contributed by atoms with Gasteiger partial charge < -0.3 is 15.4 Å². The molecule has 0 amide bonds. The number of methoxy groups -OCH3 is 1. The zero-order valence-electron chi connectivity index (χ0n) is 12.6. The van der Waals surface area contributed by atoms with Gasteiger partial charge in [-0.15, -0.1) is 0 Å². The number of hydrogen-bond donors (Lipinski definition) is 1. The van der Waals surface area contributed by atoms with E-state index in [0.29, 0.717) is 0 Å². The zero-order valence-corrected chi connectivity index (χ0v) is 12.6. The Morgan fingerprint density at radius 1 is 1.15 bits per heavy atom. The van der Waals surface area contributed by atoms with Crippen LogP contribution in [0.4, 0.5) is 11.4 Å². The van der Waals surface area contributed by atoms with Gasteiger partial charge in [-0.3, -0.25) is 0 Å². The molecule has 0 aliphatic rings. The van der Waals surface area contributed by atoms with Crippen LogP contribution < -0.4 is 15.4 Å². The van der Waals surface area contributed by atoms with Gasteiger partial charge in [-0.25, -0.2) is 0 Å². The van der Waals surface area contributed by atoms with Crippen molar-refractivity contribution in [2.45, 2.75) is 19.9 Å². The predicted molar refractivity (Wildman–Crippen MR) is 84.8 cm³/mol.